The molecule has 4 nitrogen and oxygen atoms in total. The third kappa shape index (κ3) is 4.73. The number of benzene rings is 1. The normalized spacial score (nSPS) is 12.5. The van der Waals surface area contributed by atoms with E-state index in [1.807, 2.05) is 13.8 Å². The average Bonchev–Trinajstić information content (AvgIpc) is 2.90. The summed E-state index contributed by atoms with van der Waals surface area (Å²) in [4.78, 5) is 14.1. The Balaban J connectivity index is 2.11. The Morgan fingerprint density at radius 2 is 2.04 bits per heavy atom. The lowest BCUT2D eigenvalue weighted by molar-refractivity contribution is -0.126. The fraction of sp³-hybridized carbons (Fsp3) is 0.400. The van der Waals surface area contributed by atoms with E-state index >= 15 is 0 Å². The van der Waals surface area contributed by atoms with Crippen molar-refractivity contribution in [2.75, 3.05) is 7.05 Å². The molecule has 1 unspecified atom stereocenters. The summed E-state index contributed by atoms with van der Waals surface area (Å²) in [5.74, 6) is -0.446. The van der Waals surface area contributed by atoms with Gasteiger partial charge >= 0.3 is 0 Å². The Bertz CT molecular complexity index is 783. The number of aryl methyl sites for hydroxylation is 2. The molecule has 0 aliphatic rings. The van der Waals surface area contributed by atoms with E-state index < -0.39 is 0 Å². The first-order valence-corrected chi connectivity index (χ1v) is 9.16. The first-order chi connectivity index (χ1) is 12.3. The Kier molecular flexibility index (Phi) is 6.98. The maximum atomic E-state index is 13.1. The van der Waals surface area contributed by atoms with Crippen LogP contribution >= 0.6 is 11.6 Å². The van der Waals surface area contributed by atoms with Crippen molar-refractivity contribution in [1.29, 1.82) is 0 Å². The topological polar surface area (TPSA) is 38.1 Å². The molecule has 0 fully saturated rings. The van der Waals surface area contributed by atoms with Crippen LogP contribution in [0.3, 0.4) is 0 Å². The third-order valence-corrected chi connectivity index (χ3v) is 4.91. The van der Waals surface area contributed by atoms with Gasteiger partial charge in [0, 0.05) is 25.2 Å². The van der Waals surface area contributed by atoms with Gasteiger partial charge in [0.2, 0.25) is 5.91 Å². The van der Waals surface area contributed by atoms with Crippen molar-refractivity contribution in [3.8, 4) is 0 Å². The Morgan fingerprint density at radius 1 is 1.38 bits per heavy atom. The fourth-order valence-electron chi connectivity index (χ4n) is 2.64. The minimum atomic E-state index is -0.292. The number of hydrogen-bond acceptors (Lipinski definition) is 2. The van der Waals surface area contributed by atoms with Crippen LogP contribution in [0.5, 0.6) is 0 Å². The molecule has 0 saturated carbocycles. The summed E-state index contributed by atoms with van der Waals surface area (Å²) in [6.45, 7) is 6.66. The number of likely N-dealkylation sites (N-methyl/N-ethyl adjacent to an activating group) is 1. The minimum Gasteiger partial charge on any atom is -0.335 e. The van der Waals surface area contributed by atoms with E-state index in [4.69, 9.17) is 11.6 Å². The molecule has 0 bridgehead atoms. The van der Waals surface area contributed by atoms with Gasteiger partial charge in [-0.25, -0.2) is 4.39 Å². The van der Waals surface area contributed by atoms with Crippen molar-refractivity contribution in [1.82, 2.24) is 14.7 Å². The van der Waals surface area contributed by atoms with E-state index in [1.165, 1.54) is 18.2 Å². The molecular formula is C20H25ClFN3O. The van der Waals surface area contributed by atoms with E-state index in [9.17, 15) is 9.18 Å². The highest BCUT2D eigenvalue weighted by atomic mass is 35.5. The van der Waals surface area contributed by atoms with Crippen LogP contribution in [0.4, 0.5) is 4.39 Å². The van der Waals surface area contributed by atoms with Gasteiger partial charge in [0.15, 0.2) is 0 Å². The molecule has 6 heteroatoms. The van der Waals surface area contributed by atoms with Crippen LogP contribution in [0.1, 0.15) is 49.6 Å². The van der Waals surface area contributed by atoms with Gasteiger partial charge in [-0.1, -0.05) is 37.1 Å². The number of amides is 1. The molecule has 26 heavy (non-hydrogen) atoms. The van der Waals surface area contributed by atoms with Crippen molar-refractivity contribution in [2.24, 2.45) is 0 Å². The molecule has 1 heterocycles. The number of halogens is 2. The second-order valence-corrected chi connectivity index (χ2v) is 6.73. The molecule has 1 atom stereocenters. The quantitative estimate of drug-likeness (QED) is 0.635. The Morgan fingerprint density at radius 3 is 2.65 bits per heavy atom. The number of rotatable bonds is 7. The molecule has 1 aromatic carbocycles. The van der Waals surface area contributed by atoms with Gasteiger partial charge in [0.1, 0.15) is 11.0 Å². The van der Waals surface area contributed by atoms with Crippen LogP contribution in [0, 0.1) is 12.7 Å². The minimum absolute atomic E-state index is 0.154. The molecule has 0 aliphatic heterocycles. The number of unbranched alkanes of at least 4 members (excludes halogenated alkanes) is 1. The summed E-state index contributed by atoms with van der Waals surface area (Å²) in [6, 6.07) is 6.00. The third-order valence-electron chi connectivity index (χ3n) is 4.51. The molecule has 2 aromatic rings. The number of carbonyl (C=O) groups excluding carboxylic acids is 1. The first-order valence-electron chi connectivity index (χ1n) is 8.78. The second kappa shape index (κ2) is 8.99. The number of carbonyl (C=O) groups is 1. The van der Waals surface area contributed by atoms with E-state index in [0.717, 1.165) is 36.2 Å². The average molecular weight is 378 g/mol. The van der Waals surface area contributed by atoms with Crippen LogP contribution in [0.15, 0.2) is 30.3 Å². The zero-order valence-electron chi connectivity index (χ0n) is 15.7. The summed E-state index contributed by atoms with van der Waals surface area (Å²) < 4.78 is 14.8. The summed E-state index contributed by atoms with van der Waals surface area (Å²) in [5.41, 5.74) is 2.43. The zero-order chi connectivity index (χ0) is 19.3. The number of hydrogen-bond donors (Lipinski definition) is 0. The predicted octanol–water partition coefficient (Wildman–Crippen LogP) is 5.02. The predicted molar refractivity (Wildman–Crippen MR) is 104 cm³/mol. The van der Waals surface area contributed by atoms with Crippen molar-refractivity contribution in [2.45, 2.75) is 46.2 Å². The SMILES string of the molecule is CCCCn1nc(C)c(/C=C/C(=O)N(C)C(C)c2ccc(F)cc2)c1Cl. The molecule has 1 amide bonds. The van der Waals surface area contributed by atoms with Crippen LogP contribution in [-0.2, 0) is 11.3 Å². The molecule has 0 aliphatic carbocycles. The maximum absolute atomic E-state index is 13.1. The number of nitrogens with zero attached hydrogens (tertiary/aromatic N) is 3. The van der Waals surface area contributed by atoms with Gasteiger partial charge in [-0.15, -0.1) is 0 Å². The molecular weight excluding hydrogens is 353 g/mol. The lowest BCUT2D eigenvalue weighted by atomic mass is 10.1. The maximum Gasteiger partial charge on any atom is 0.246 e. The Labute approximate surface area is 159 Å². The fourth-order valence-corrected chi connectivity index (χ4v) is 2.96. The summed E-state index contributed by atoms with van der Waals surface area (Å²) in [6.07, 6.45) is 5.27. The van der Waals surface area contributed by atoms with Crippen molar-refractivity contribution >= 4 is 23.6 Å². The molecule has 140 valence electrons. The van der Waals surface area contributed by atoms with Crippen molar-refractivity contribution in [3.05, 3.63) is 58.1 Å². The van der Waals surface area contributed by atoms with E-state index in [1.54, 1.807) is 34.8 Å². The van der Waals surface area contributed by atoms with Crippen LogP contribution in [-0.4, -0.2) is 27.6 Å². The van der Waals surface area contributed by atoms with Gasteiger partial charge in [0.25, 0.3) is 0 Å². The molecule has 2 rings (SSSR count). The lowest BCUT2D eigenvalue weighted by Gasteiger charge is -2.24. The van der Waals surface area contributed by atoms with Crippen LogP contribution in [0.25, 0.3) is 6.08 Å². The molecule has 0 N–H and O–H groups in total. The van der Waals surface area contributed by atoms with E-state index in [0.29, 0.717) is 5.15 Å². The highest BCUT2D eigenvalue weighted by molar-refractivity contribution is 6.31. The monoisotopic (exact) mass is 377 g/mol. The first kappa shape index (κ1) is 20.2. The summed E-state index contributed by atoms with van der Waals surface area (Å²) in [7, 11) is 1.72. The molecule has 0 spiro atoms. The van der Waals surface area contributed by atoms with Crippen LogP contribution < -0.4 is 0 Å². The van der Waals surface area contributed by atoms with Crippen LogP contribution in [0.2, 0.25) is 5.15 Å². The summed E-state index contributed by atoms with van der Waals surface area (Å²) >= 11 is 6.39. The summed E-state index contributed by atoms with van der Waals surface area (Å²) in [5, 5.41) is 4.98. The van der Waals surface area contributed by atoms with Crippen molar-refractivity contribution < 1.29 is 9.18 Å². The van der Waals surface area contributed by atoms with Gasteiger partial charge in [0.05, 0.1) is 11.7 Å². The highest BCUT2D eigenvalue weighted by Gasteiger charge is 2.16. The smallest absolute Gasteiger partial charge is 0.246 e. The van der Waals surface area contributed by atoms with Gasteiger partial charge in [-0.05, 0) is 44.0 Å². The van der Waals surface area contributed by atoms with E-state index in [2.05, 4.69) is 12.0 Å². The molecule has 1 aromatic heterocycles. The van der Waals surface area contributed by atoms with Gasteiger partial charge < -0.3 is 4.90 Å². The lowest BCUT2D eigenvalue weighted by Crippen LogP contribution is -2.27. The second-order valence-electron chi connectivity index (χ2n) is 6.38. The standard InChI is InChI=1S/C20H25ClFN3O/c1-5-6-13-25-20(21)18(14(2)23-25)11-12-19(26)24(4)15(3)16-7-9-17(22)10-8-16/h7-12,15H,5-6,13H2,1-4H3/b12-11+. The largest absolute Gasteiger partial charge is 0.335 e. The molecule has 0 saturated heterocycles. The number of aromatic nitrogens is 2. The van der Waals surface area contributed by atoms with E-state index in [-0.39, 0.29) is 17.8 Å². The van der Waals surface area contributed by atoms with Crippen molar-refractivity contribution in [3.63, 3.8) is 0 Å². The van der Waals surface area contributed by atoms with Gasteiger partial charge in [-0.2, -0.15) is 5.10 Å². The molecule has 0 radical (unpaired) electrons. The highest BCUT2D eigenvalue weighted by Crippen LogP contribution is 2.23. The Hall–Kier alpha value is -2.14. The van der Waals surface area contributed by atoms with Gasteiger partial charge in [-0.3, -0.25) is 9.48 Å². The zero-order valence-corrected chi connectivity index (χ0v) is 16.4.